The number of benzene rings is 1. The minimum Gasteiger partial charge on any atom is -0.376 e. The van der Waals surface area contributed by atoms with Crippen LogP contribution in [0.15, 0.2) is 24.3 Å². The molecule has 0 aromatic heterocycles. The quantitative estimate of drug-likeness (QED) is 0.625. The molecule has 0 fully saturated rings. The third-order valence-electron chi connectivity index (χ3n) is 2.01. The van der Waals surface area contributed by atoms with Crippen molar-refractivity contribution in [1.29, 1.82) is 0 Å². The first-order chi connectivity index (χ1) is 7.63. The maximum Gasteiger partial charge on any atom is 0.534 e. The van der Waals surface area contributed by atoms with Crippen LogP contribution in [0.5, 0.6) is 5.75 Å². The summed E-state index contributed by atoms with van der Waals surface area (Å²) in [4.78, 5) is 0. The molecule has 0 amide bonds. The van der Waals surface area contributed by atoms with Gasteiger partial charge in [-0.15, -0.1) is 0 Å². The van der Waals surface area contributed by atoms with Crippen LogP contribution in [-0.2, 0) is 10.1 Å². The highest BCUT2D eigenvalue weighted by Gasteiger charge is 2.48. The van der Waals surface area contributed by atoms with Gasteiger partial charge in [0.05, 0.1) is 0 Å². The lowest BCUT2D eigenvalue weighted by atomic mass is 10.0. The van der Waals surface area contributed by atoms with Gasteiger partial charge in [-0.2, -0.15) is 21.6 Å². The molecule has 0 heterocycles. The summed E-state index contributed by atoms with van der Waals surface area (Å²) < 4.78 is 61.7. The van der Waals surface area contributed by atoms with Gasteiger partial charge in [-0.3, -0.25) is 0 Å². The van der Waals surface area contributed by atoms with Crippen molar-refractivity contribution in [3.63, 3.8) is 0 Å². The second-order valence-electron chi connectivity index (χ2n) is 3.71. The van der Waals surface area contributed by atoms with Gasteiger partial charge in [0.2, 0.25) is 0 Å². The molecule has 0 spiro atoms. The van der Waals surface area contributed by atoms with E-state index in [4.69, 9.17) is 0 Å². The largest absolute Gasteiger partial charge is 0.534 e. The molecule has 7 heteroatoms. The summed E-state index contributed by atoms with van der Waals surface area (Å²) in [5.74, 6) is -0.277. The van der Waals surface area contributed by atoms with Crippen LogP contribution < -0.4 is 4.18 Å². The maximum absolute atomic E-state index is 12.1. The van der Waals surface area contributed by atoms with Gasteiger partial charge in [-0.05, 0) is 23.6 Å². The second kappa shape index (κ2) is 4.56. The standard InChI is InChI=1S/C10H11F3O3S/c1-7(2)8-4-3-5-9(6-8)16-17(14,15)10(11,12)13/h3-7H,1-2H3. The zero-order valence-electron chi connectivity index (χ0n) is 9.15. The molecule has 0 N–H and O–H groups in total. The van der Waals surface area contributed by atoms with Gasteiger partial charge in [0.15, 0.2) is 0 Å². The SMILES string of the molecule is CC(C)c1cccc(OS(=O)(=O)C(F)(F)F)c1. The van der Waals surface area contributed by atoms with E-state index in [0.717, 1.165) is 6.07 Å². The third-order valence-corrected chi connectivity index (χ3v) is 2.99. The molecular weight excluding hydrogens is 257 g/mol. The third kappa shape index (κ3) is 3.36. The summed E-state index contributed by atoms with van der Waals surface area (Å²) in [6.45, 7) is 3.66. The fraction of sp³-hybridized carbons (Fsp3) is 0.400. The highest BCUT2D eigenvalue weighted by molar-refractivity contribution is 7.87. The summed E-state index contributed by atoms with van der Waals surface area (Å²) in [7, 11) is -5.59. The van der Waals surface area contributed by atoms with Crippen molar-refractivity contribution in [3.8, 4) is 5.75 Å². The first-order valence-corrected chi connectivity index (χ1v) is 6.15. The van der Waals surface area contributed by atoms with Crippen LogP contribution in [0.4, 0.5) is 13.2 Å². The molecule has 0 saturated carbocycles. The summed E-state index contributed by atoms with van der Waals surface area (Å²) in [6, 6.07) is 5.55. The van der Waals surface area contributed by atoms with Crippen LogP contribution >= 0.6 is 0 Å². The lowest BCUT2D eigenvalue weighted by Crippen LogP contribution is -2.28. The van der Waals surface area contributed by atoms with Crippen molar-refractivity contribution in [2.24, 2.45) is 0 Å². The summed E-state index contributed by atoms with van der Waals surface area (Å²) in [5.41, 5.74) is -4.72. The van der Waals surface area contributed by atoms with Crippen LogP contribution in [0.25, 0.3) is 0 Å². The molecular formula is C10H11F3O3S. The lowest BCUT2D eigenvalue weighted by Gasteiger charge is -2.11. The van der Waals surface area contributed by atoms with Crippen LogP contribution in [0.3, 0.4) is 0 Å². The van der Waals surface area contributed by atoms with E-state index >= 15 is 0 Å². The van der Waals surface area contributed by atoms with Gasteiger partial charge in [-0.1, -0.05) is 26.0 Å². The molecule has 0 unspecified atom stereocenters. The smallest absolute Gasteiger partial charge is 0.376 e. The molecule has 0 bridgehead atoms. The molecule has 17 heavy (non-hydrogen) atoms. The predicted octanol–water partition coefficient (Wildman–Crippen LogP) is 3.04. The van der Waals surface area contributed by atoms with Crippen molar-refractivity contribution >= 4 is 10.1 Å². The zero-order chi connectivity index (χ0) is 13.3. The van der Waals surface area contributed by atoms with Crippen molar-refractivity contribution in [3.05, 3.63) is 29.8 Å². The minimum atomic E-state index is -5.59. The Labute approximate surface area is 97.3 Å². The van der Waals surface area contributed by atoms with Gasteiger partial charge in [0.25, 0.3) is 0 Å². The molecule has 1 aromatic carbocycles. The monoisotopic (exact) mass is 268 g/mol. The van der Waals surface area contributed by atoms with Crippen molar-refractivity contribution in [2.45, 2.75) is 25.3 Å². The van der Waals surface area contributed by atoms with E-state index in [1.165, 1.54) is 12.1 Å². The van der Waals surface area contributed by atoms with Crippen LogP contribution in [-0.4, -0.2) is 13.9 Å². The normalized spacial score (nSPS) is 12.8. The molecule has 96 valence electrons. The molecule has 0 aliphatic heterocycles. The summed E-state index contributed by atoms with van der Waals surface area (Å²) in [5, 5.41) is 0. The minimum absolute atomic E-state index is 0.0622. The van der Waals surface area contributed by atoms with E-state index in [0.29, 0.717) is 5.56 Å². The molecule has 0 radical (unpaired) electrons. The van der Waals surface area contributed by atoms with Crippen LogP contribution in [0, 0.1) is 0 Å². The van der Waals surface area contributed by atoms with Crippen molar-refractivity contribution < 1.29 is 25.8 Å². The van der Waals surface area contributed by atoms with Gasteiger partial charge < -0.3 is 4.18 Å². The maximum atomic E-state index is 12.1. The molecule has 1 aromatic rings. The first-order valence-electron chi connectivity index (χ1n) is 4.74. The van der Waals surface area contributed by atoms with E-state index in [9.17, 15) is 21.6 Å². The van der Waals surface area contributed by atoms with E-state index in [-0.39, 0.29) is 11.7 Å². The Morgan fingerprint density at radius 2 is 1.82 bits per heavy atom. The molecule has 1 rings (SSSR count). The van der Waals surface area contributed by atoms with E-state index < -0.39 is 15.6 Å². The van der Waals surface area contributed by atoms with Crippen LogP contribution in [0.1, 0.15) is 25.3 Å². The Bertz CT molecular complexity index is 492. The number of alkyl halides is 3. The topological polar surface area (TPSA) is 43.4 Å². The van der Waals surface area contributed by atoms with Crippen molar-refractivity contribution in [2.75, 3.05) is 0 Å². The predicted molar refractivity (Wildman–Crippen MR) is 56.1 cm³/mol. The Kier molecular flexibility index (Phi) is 3.71. The Morgan fingerprint density at radius 1 is 1.24 bits per heavy atom. The molecule has 0 atom stereocenters. The number of halogens is 3. The summed E-state index contributed by atoms with van der Waals surface area (Å²) >= 11 is 0. The highest BCUT2D eigenvalue weighted by atomic mass is 32.2. The van der Waals surface area contributed by atoms with E-state index in [1.807, 2.05) is 13.8 Å². The molecule has 0 saturated heterocycles. The van der Waals surface area contributed by atoms with Crippen LogP contribution in [0.2, 0.25) is 0 Å². The van der Waals surface area contributed by atoms with Gasteiger partial charge in [-0.25, -0.2) is 0 Å². The average molecular weight is 268 g/mol. The van der Waals surface area contributed by atoms with Gasteiger partial charge in [0, 0.05) is 0 Å². The molecule has 0 aliphatic rings. The fourth-order valence-electron chi connectivity index (χ4n) is 1.10. The Morgan fingerprint density at radius 3 is 2.29 bits per heavy atom. The zero-order valence-corrected chi connectivity index (χ0v) is 9.97. The number of rotatable bonds is 3. The van der Waals surface area contributed by atoms with Crippen molar-refractivity contribution in [1.82, 2.24) is 0 Å². The Balaban J connectivity index is 3.01. The van der Waals surface area contributed by atoms with E-state index in [2.05, 4.69) is 4.18 Å². The number of hydrogen-bond donors (Lipinski definition) is 0. The lowest BCUT2D eigenvalue weighted by molar-refractivity contribution is -0.0500. The molecule has 0 aliphatic carbocycles. The highest BCUT2D eigenvalue weighted by Crippen LogP contribution is 2.28. The fourth-order valence-corrected chi connectivity index (χ4v) is 1.55. The first kappa shape index (κ1) is 13.8. The number of hydrogen-bond acceptors (Lipinski definition) is 3. The van der Waals surface area contributed by atoms with Gasteiger partial charge >= 0.3 is 15.6 Å². The summed E-state index contributed by atoms with van der Waals surface area (Å²) in [6.07, 6.45) is 0. The Hall–Kier alpha value is -1.24. The average Bonchev–Trinajstić information content (AvgIpc) is 2.15. The van der Waals surface area contributed by atoms with Gasteiger partial charge in [0.1, 0.15) is 5.75 Å². The molecule has 3 nitrogen and oxygen atoms in total. The van der Waals surface area contributed by atoms with E-state index in [1.54, 1.807) is 6.07 Å². The second-order valence-corrected chi connectivity index (χ2v) is 5.25.